The van der Waals surface area contributed by atoms with Crippen LogP contribution in [0.4, 0.5) is 10.1 Å². The monoisotopic (exact) mass is 607 g/mol. The van der Waals surface area contributed by atoms with Crippen LogP contribution >= 0.6 is 12.4 Å². The second kappa shape index (κ2) is 12.7. The van der Waals surface area contributed by atoms with Gasteiger partial charge in [0.1, 0.15) is 11.6 Å². The fourth-order valence-corrected chi connectivity index (χ4v) is 5.44. The second-order valence-electron chi connectivity index (χ2n) is 11.5. The highest BCUT2D eigenvalue weighted by Crippen LogP contribution is 2.42. The van der Waals surface area contributed by atoms with Gasteiger partial charge >= 0.3 is 5.97 Å². The van der Waals surface area contributed by atoms with E-state index in [1.807, 2.05) is 25.7 Å². The molecular formula is C30H39ClFN3O7. The fourth-order valence-electron chi connectivity index (χ4n) is 5.44. The van der Waals surface area contributed by atoms with Crippen LogP contribution in [-0.4, -0.2) is 78.8 Å². The summed E-state index contributed by atoms with van der Waals surface area (Å²) in [4.78, 5) is 28.5. The normalized spacial score (nSPS) is 17.1. The summed E-state index contributed by atoms with van der Waals surface area (Å²) < 4.78 is 31.4. The van der Waals surface area contributed by atoms with Crippen molar-refractivity contribution < 1.29 is 38.4 Å². The van der Waals surface area contributed by atoms with Crippen LogP contribution in [0.3, 0.4) is 0 Å². The minimum absolute atomic E-state index is 0. The number of nitrogens with one attached hydrogen (secondary N) is 1. The molecule has 10 nitrogen and oxygen atoms in total. The quantitative estimate of drug-likeness (QED) is 0.327. The minimum Gasteiger partial charge on any atom is -0.505 e. The summed E-state index contributed by atoms with van der Waals surface area (Å²) in [5.41, 5.74) is 1.51. The average molecular weight is 608 g/mol. The number of anilines is 1. The lowest BCUT2D eigenvalue weighted by Crippen LogP contribution is -2.32. The predicted octanol–water partition coefficient (Wildman–Crippen LogP) is 4.75. The average Bonchev–Trinajstić information content (AvgIpc) is 3.50. The van der Waals surface area contributed by atoms with Crippen LogP contribution in [0.5, 0.6) is 17.2 Å². The van der Waals surface area contributed by atoms with Gasteiger partial charge in [-0.15, -0.1) is 12.4 Å². The Labute approximate surface area is 251 Å². The van der Waals surface area contributed by atoms with Crippen molar-refractivity contribution in [2.75, 3.05) is 38.8 Å². The topological polar surface area (TPSA) is 133 Å². The van der Waals surface area contributed by atoms with E-state index in [1.165, 1.54) is 19.1 Å². The number of Topliss-reactive ketones (excluding diaryl/α,β-unsaturated/α-hetero) is 1. The Bertz CT molecular complexity index is 1380. The van der Waals surface area contributed by atoms with Crippen molar-refractivity contribution in [3.63, 3.8) is 0 Å². The molecule has 12 heteroatoms. The van der Waals surface area contributed by atoms with Crippen LogP contribution < -0.4 is 14.4 Å². The van der Waals surface area contributed by atoms with Crippen LogP contribution in [0.1, 0.15) is 67.6 Å². The number of methoxy groups -OCH3 is 2. The van der Waals surface area contributed by atoms with Crippen molar-refractivity contribution in [2.45, 2.75) is 64.7 Å². The molecule has 0 aliphatic carbocycles. The third-order valence-corrected chi connectivity index (χ3v) is 7.65. The smallest absolute Gasteiger partial charge is 0.332 e. The van der Waals surface area contributed by atoms with Crippen LogP contribution in [0.15, 0.2) is 18.2 Å². The zero-order chi connectivity index (χ0) is 30.2. The summed E-state index contributed by atoms with van der Waals surface area (Å²) >= 11 is 0. The zero-order valence-electron chi connectivity index (χ0n) is 24.7. The maximum Gasteiger partial charge on any atom is 0.332 e. The largest absolute Gasteiger partial charge is 0.505 e. The van der Waals surface area contributed by atoms with Crippen LogP contribution in [-0.2, 0) is 21.5 Å². The number of carbonyl (C=O) groups excluding carboxylic acids is 1. The second-order valence-corrected chi connectivity index (χ2v) is 11.5. The number of amidine groups is 1. The number of hydrogen-bond donors (Lipinski definition) is 3. The first-order valence-corrected chi connectivity index (χ1v) is 13.6. The lowest BCUT2D eigenvalue weighted by Gasteiger charge is -2.28. The number of nitrogens with zero attached hydrogens (tertiary/aromatic N) is 2. The standard InChI is InChI=1S/C30H38FN3O7.ClH/c1-7-22(29(37)38)41-18-8-9-33(14-18)20-11-16(10-19(26(20)36)30(2,3)4)21(35)15-34-13-17-12-23(39-5)27(40-6)25(31)24(17)28(34)32;/h10-12,18,22,32,36H,7-9,13-15H2,1-6H3,(H,37,38);1H. The molecule has 2 unspecified atom stereocenters. The molecule has 230 valence electrons. The van der Waals surface area contributed by atoms with Gasteiger partial charge in [-0.1, -0.05) is 27.7 Å². The highest BCUT2D eigenvalue weighted by molar-refractivity contribution is 6.06. The summed E-state index contributed by atoms with van der Waals surface area (Å²) in [6.45, 7) is 8.43. The van der Waals surface area contributed by atoms with Gasteiger partial charge < -0.3 is 34.2 Å². The molecule has 1 fully saturated rings. The van der Waals surface area contributed by atoms with E-state index in [-0.39, 0.29) is 66.0 Å². The van der Waals surface area contributed by atoms with Gasteiger partial charge in [0.15, 0.2) is 29.2 Å². The molecule has 0 bridgehead atoms. The lowest BCUT2D eigenvalue weighted by atomic mass is 9.84. The Balaban J connectivity index is 0.00000484. The number of fused-ring (bicyclic) bond motifs is 1. The Morgan fingerprint density at radius 1 is 1.19 bits per heavy atom. The van der Waals surface area contributed by atoms with Crippen LogP contribution in [0, 0.1) is 11.2 Å². The Hall–Kier alpha value is -3.57. The van der Waals surface area contributed by atoms with E-state index in [0.29, 0.717) is 48.3 Å². The first-order valence-electron chi connectivity index (χ1n) is 13.6. The molecule has 2 atom stereocenters. The maximum absolute atomic E-state index is 15.2. The number of ether oxygens (including phenoxy) is 3. The van der Waals surface area contributed by atoms with Gasteiger partial charge in [0.05, 0.1) is 38.1 Å². The maximum atomic E-state index is 15.2. The molecule has 0 aromatic heterocycles. The molecule has 1 saturated heterocycles. The number of rotatable bonds is 10. The molecule has 0 radical (unpaired) electrons. The number of hydrogen-bond acceptors (Lipinski definition) is 8. The fraction of sp³-hybridized carbons (Fsp3) is 0.500. The van der Waals surface area contributed by atoms with Crippen molar-refractivity contribution in [2.24, 2.45) is 0 Å². The van der Waals surface area contributed by atoms with E-state index < -0.39 is 23.3 Å². The van der Waals surface area contributed by atoms with E-state index in [1.54, 1.807) is 25.1 Å². The zero-order valence-corrected chi connectivity index (χ0v) is 25.6. The molecule has 0 saturated carbocycles. The summed E-state index contributed by atoms with van der Waals surface area (Å²) in [6.07, 6.45) is -0.321. The number of halogens is 2. The van der Waals surface area contributed by atoms with Crippen molar-refractivity contribution in [3.05, 3.63) is 46.3 Å². The number of phenols is 1. The van der Waals surface area contributed by atoms with Gasteiger partial charge in [-0.3, -0.25) is 10.2 Å². The van der Waals surface area contributed by atoms with E-state index in [4.69, 9.17) is 19.6 Å². The number of carbonyl (C=O) groups is 2. The summed E-state index contributed by atoms with van der Waals surface area (Å²) in [6, 6.07) is 4.91. The molecule has 3 N–H and O–H groups in total. The van der Waals surface area contributed by atoms with Crippen LogP contribution in [0.25, 0.3) is 0 Å². The van der Waals surface area contributed by atoms with Gasteiger partial charge in [-0.2, -0.15) is 0 Å². The van der Waals surface area contributed by atoms with Crippen LogP contribution in [0.2, 0.25) is 0 Å². The van der Waals surface area contributed by atoms with Crippen molar-refractivity contribution in [3.8, 4) is 17.2 Å². The van der Waals surface area contributed by atoms with Gasteiger partial charge in [0.25, 0.3) is 0 Å². The third-order valence-electron chi connectivity index (χ3n) is 7.65. The molecule has 2 aliphatic heterocycles. The van der Waals surface area contributed by atoms with E-state index in [9.17, 15) is 19.8 Å². The van der Waals surface area contributed by atoms with Crippen molar-refractivity contribution in [1.82, 2.24) is 4.90 Å². The minimum atomic E-state index is -1.01. The third kappa shape index (κ3) is 6.27. The molecule has 2 aliphatic rings. The summed E-state index contributed by atoms with van der Waals surface area (Å²) in [5, 5.41) is 29.2. The molecule has 0 spiro atoms. The van der Waals surface area contributed by atoms with Gasteiger partial charge in [0, 0.05) is 30.8 Å². The number of ketones is 1. The number of carboxylic acid groups (broad SMARTS) is 1. The Morgan fingerprint density at radius 2 is 1.88 bits per heavy atom. The molecule has 2 aromatic carbocycles. The molecular weight excluding hydrogens is 569 g/mol. The number of benzene rings is 2. The molecule has 42 heavy (non-hydrogen) atoms. The molecule has 2 heterocycles. The molecule has 0 amide bonds. The summed E-state index contributed by atoms with van der Waals surface area (Å²) in [7, 11) is 2.73. The predicted molar refractivity (Wildman–Crippen MR) is 159 cm³/mol. The number of phenolic OH excluding ortho intramolecular Hbond substituents is 1. The highest BCUT2D eigenvalue weighted by Gasteiger charge is 2.35. The lowest BCUT2D eigenvalue weighted by molar-refractivity contribution is -0.153. The number of aliphatic carboxylic acids is 1. The highest BCUT2D eigenvalue weighted by atomic mass is 35.5. The molecule has 2 aromatic rings. The SMILES string of the molecule is CCC(OC1CCN(c2cc(C(=O)CN3Cc4cc(OC)c(OC)c(F)c4C3=N)cc(C(C)(C)C)c2O)C1)C(=O)O.Cl. The Morgan fingerprint density at radius 3 is 2.45 bits per heavy atom. The van der Waals surface area contributed by atoms with E-state index in [0.717, 1.165) is 0 Å². The first-order chi connectivity index (χ1) is 19.3. The van der Waals surface area contributed by atoms with Gasteiger partial charge in [0.2, 0.25) is 0 Å². The summed E-state index contributed by atoms with van der Waals surface area (Å²) in [5.74, 6) is -1.95. The molecule has 4 rings (SSSR count). The van der Waals surface area contributed by atoms with Gasteiger partial charge in [-0.05, 0) is 42.0 Å². The first kappa shape index (κ1) is 32.9. The van der Waals surface area contributed by atoms with Gasteiger partial charge in [-0.25, -0.2) is 9.18 Å². The Kier molecular flexibility index (Phi) is 10.00. The van der Waals surface area contributed by atoms with E-state index >= 15 is 4.39 Å². The van der Waals surface area contributed by atoms with Crippen molar-refractivity contribution in [1.29, 1.82) is 5.41 Å². The number of aromatic hydroxyl groups is 1. The van der Waals surface area contributed by atoms with Crippen molar-refractivity contribution >= 4 is 35.7 Å². The number of carboxylic acids is 1. The van der Waals surface area contributed by atoms with E-state index in [2.05, 4.69) is 0 Å².